The fourth-order valence-corrected chi connectivity index (χ4v) is 4.67. The molecule has 1 aromatic heterocycles. The number of nitro groups is 1. The van der Waals surface area contributed by atoms with Crippen LogP contribution in [0.1, 0.15) is 50.3 Å². The van der Waals surface area contributed by atoms with E-state index in [0.29, 0.717) is 16.5 Å². The number of fused-ring (bicyclic) bond motifs is 1. The van der Waals surface area contributed by atoms with Gasteiger partial charge in [0.1, 0.15) is 5.75 Å². The van der Waals surface area contributed by atoms with Gasteiger partial charge in [0.15, 0.2) is 17.7 Å². The molecule has 12 heteroatoms. The van der Waals surface area contributed by atoms with Crippen LogP contribution in [0.2, 0.25) is 0 Å². The third-order valence-corrected chi connectivity index (χ3v) is 6.90. The first-order valence-electron chi connectivity index (χ1n) is 13.9. The van der Waals surface area contributed by atoms with E-state index in [1.807, 2.05) is 32.9 Å². The fraction of sp³-hybridized carbons (Fsp3) is 0.312. The van der Waals surface area contributed by atoms with Crippen molar-refractivity contribution in [3.63, 3.8) is 0 Å². The maximum Gasteiger partial charge on any atom is 0.347 e. The summed E-state index contributed by atoms with van der Waals surface area (Å²) in [6, 6.07) is 13.4. The summed E-state index contributed by atoms with van der Waals surface area (Å²) in [5.74, 6) is 0.201. The Morgan fingerprint density at radius 2 is 1.80 bits per heavy atom. The van der Waals surface area contributed by atoms with Crippen LogP contribution in [0.3, 0.4) is 0 Å². The zero-order valence-electron chi connectivity index (χ0n) is 25.6. The van der Waals surface area contributed by atoms with Crippen molar-refractivity contribution < 1.29 is 28.7 Å². The smallest absolute Gasteiger partial charge is 0.347 e. The molecule has 3 aromatic carbocycles. The highest BCUT2D eigenvalue weighted by molar-refractivity contribution is 5.85. The maximum absolute atomic E-state index is 13.8. The highest BCUT2D eigenvalue weighted by atomic mass is 16.6. The average Bonchev–Trinajstić information content (AvgIpc) is 3.00. The monoisotopic (exact) mass is 602 g/mol. The normalized spacial score (nSPS) is 12.0. The largest absolute Gasteiger partial charge is 0.496 e. The summed E-state index contributed by atoms with van der Waals surface area (Å²) in [6.45, 7) is 9.16. The molecule has 1 heterocycles. The molecule has 1 atom stereocenters. The standard InChI is InChI=1S/C32H34N4O8/c1-8-43-32(38)20(5)44-29-26(36(39)40)14-21(15-28(29)42-7)17-33-35-30(34-25-12-10-9-11-22(25)31(35)37)24-16-23(18(2)3)27(41-6)13-19(24)4/h9-18,20H,8H2,1-7H3/t20-/m1/s1. The van der Waals surface area contributed by atoms with Gasteiger partial charge in [0.2, 0.25) is 5.75 Å². The van der Waals surface area contributed by atoms with Gasteiger partial charge in [-0.25, -0.2) is 9.78 Å². The summed E-state index contributed by atoms with van der Waals surface area (Å²) >= 11 is 0. The Bertz CT molecular complexity index is 1810. The molecule has 230 valence electrons. The Hall–Kier alpha value is -5.26. The van der Waals surface area contributed by atoms with Crippen molar-refractivity contribution in [1.82, 2.24) is 9.66 Å². The number of carbonyl (C=O) groups is 1. The zero-order chi connectivity index (χ0) is 32.1. The molecule has 0 amide bonds. The number of para-hydroxylation sites is 1. The quantitative estimate of drug-likeness (QED) is 0.0922. The summed E-state index contributed by atoms with van der Waals surface area (Å²) < 4.78 is 22.7. The first-order valence-corrected chi connectivity index (χ1v) is 13.9. The van der Waals surface area contributed by atoms with Crippen molar-refractivity contribution in [3.05, 3.63) is 85.7 Å². The molecule has 0 aliphatic heterocycles. The lowest BCUT2D eigenvalue weighted by molar-refractivity contribution is -0.386. The average molecular weight is 603 g/mol. The number of aryl methyl sites for hydroxylation is 1. The van der Waals surface area contributed by atoms with Crippen LogP contribution < -0.4 is 19.8 Å². The highest BCUT2D eigenvalue weighted by Gasteiger charge is 2.27. The summed E-state index contributed by atoms with van der Waals surface area (Å²) in [4.78, 5) is 42.1. The van der Waals surface area contributed by atoms with Crippen LogP contribution in [0, 0.1) is 17.0 Å². The topological polar surface area (TPSA) is 144 Å². The van der Waals surface area contributed by atoms with Gasteiger partial charge in [-0.1, -0.05) is 26.0 Å². The van der Waals surface area contributed by atoms with Gasteiger partial charge >= 0.3 is 11.7 Å². The van der Waals surface area contributed by atoms with E-state index in [1.165, 1.54) is 37.1 Å². The highest BCUT2D eigenvalue weighted by Crippen LogP contribution is 2.39. The Labute approximate surface area is 254 Å². The fourth-order valence-electron chi connectivity index (χ4n) is 4.67. The van der Waals surface area contributed by atoms with Gasteiger partial charge in [-0.2, -0.15) is 9.78 Å². The minimum absolute atomic E-state index is 0.00594. The lowest BCUT2D eigenvalue weighted by atomic mass is 9.96. The Morgan fingerprint density at radius 1 is 1.09 bits per heavy atom. The van der Waals surface area contributed by atoms with Crippen molar-refractivity contribution in [2.24, 2.45) is 5.10 Å². The van der Waals surface area contributed by atoms with Crippen LogP contribution in [0.15, 0.2) is 58.4 Å². The number of esters is 1. The van der Waals surface area contributed by atoms with E-state index in [1.54, 1.807) is 38.3 Å². The van der Waals surface area contributed by atoms with Crippen LogP contribution in [-0.4, -0.2) is 53.7 Å². The third-order valence-electron chi connectivity index (χ3n) is 6.90. The van der Waals surface area contributed by atoms with E-state index < -0.39 is 28.2 Å². The molecule has 0 radical (unpaired) electrons. The van der Waals surface area contributed by atoms with Gasteiger partial charge < -0.3 is 18.9 Å². The molecule has 0 saturated carbocycles. The van der Waals surface area contributed by atoms with Crippen molar-refractivity contribution in [2.45, 2.75) is 46.6 Å². The number of rotatable bonds is 11. The first kappa shape index (κ1) is 31.7. The second kappa shape index (κ2) is 13.4. The number of hydrogen-bond donors (Lipinski definition) is 0. The van der Waals surface area contributed by atoms with Crippen LogP contribution in [-0.2, 0) is 9.53 Å². The second-order valence-corrected chi connectivity index (χ2v) is 10.2. The molecule has 0 unspecified atom stereocenters. The summed E-state index contributed by atoms with van der Waals surface area (Å²) in [7, 11) is 2.92. The van der Waals surface area contributed by atoms with Crippen molar-refractivity contribution >= 4 is 28.8 Å². The molecule has 0 bridgehead atoms. The van der Waals surface area contributed by atoms with E-state index in [0.717, 1.165) is 16.9 Å². The van der Waals surface area contributed by atoms with Gasteiger partial charge in [0.25, 0.3) is 5.56 Å². The molecule has 12 nitrogen and oxygen atoms in total. The van der Waals surface area contributed by atoms with Gasteiger partial charge in [0.05, 0.1) is 42.9 Å². The third kappa shape index (κ3) is 6.38. The molecule has 0 N–H and O–H groups in total. The van der Waals surface area contributed by atoms with Gasteiger partial charge in [-0.15, -0.1) is 0 Å². The molecule has 0 aliphatic carbocycles. The summed E-state index contributed by atoms with van der Waals surface area (Å²) in [6.07, 6.45) is 0.174. The van der Waals surface area contributed by atoms with Crippen LogP contribution in [0.4, 0.5) is 5.69 Å². The van der Waals surface area contributed by atoms with E-state index in [-0.39, 0.29) is 35.4 Å². The predicted molar refractivity (Wildman–Crippen MR) is 166 cm³/mol. The summed E-state index contributed by atoms with van der Waals surface area (Å²) in [5.41, 5.74) is 2.27. The molecule has 0 saturated heterocycles. The second-order valence-electron chi connectivity index (χ2n) is 10.2. The number of nitrogens with zero attached hydrogens (tertiary/aromatic N) is 4. The minimum Gasteiger partial charge on any atom is -0.496 e. The zero-order valence-corrected chi connectivity index (χ0v) is 25.6. The van der Waals surface area contributed by atoms with Gasteiger partial charge in [-0.3, -0.25) is 14.9 Å². The number of aromatic nitrogens is 2. The number of benzene rings is 3. The predicted octanol–water partition coefficient (Wildman–Crippen LogP) is 5.63. The lowest BCUT2D eigenvalue weighted by Gasteiger charge is -2.17. The Balaban J connectivity index is 1.90. The SMILES string of the molecule is CCOC(=O)[C@@H](C)Oc1c(OC)cc(C=Nn2c(-c3cc(C(C)C)c(OC)cc3C)nc3ccccc3c2=O)cc1[N+](=O)[O-]. The van der Waals surface area contributed by atoms with E-state index in [9.17, 15) is 19.7 Å². The van der Waals surface area contributed by atoms with Crippen LogP contribution >= 0.6 is 0 Å². The molecule has 0 fully saturated rings. The van der Waals surface area contributed by atoms with Gasteiger partial charge in [-0.05, 0) is 68.1 Å². The first-order chi connectivity index (χ1) is 21.0. The van der Waals surface area contributed by atoms with E-state index >= 15 is 0 Å². The number of hydrogen-bond acceptors (Lipinski definition) is 10. The van der Waals surface area contributed by atoms with Crippen molar-refractivity contribution in [2.75, 3.05) is 20.8 Å². The van der Waals surface area contributed by atoms with Crippen LogP contribution in [0.25, 0.3) is 22.3 Å². The Kier molecular flexibility index (Phi) is 9.62. The molecular formula is C32H34N4O8. The molecule has 4 aromatic rings. The van der Waals surface area contributed by atoms with Crippen molar-refractivity contribution in [3.8, 4) is 28.6 Å². The van der Waals surface area contributed by atoms with Gasteiger partial charge in [0, 0.05) is 17.2 Å². The number of ether oxygens (including phenoxy) is 4. The molecule has 44 heavy (non-hydrogen) atoms. The lowest BCUT2D eigenvalue weighted by Crippen LogP contribution is -2.26. The van der Waals surface area contributed by atoms with E-state index in [2.05, 4.69) is 5.10 Å². The number of methoxy groups -OCH3 is 2. The maximum atomic E-state index is 13.8. The molecular weight excluding hydrogens is 568 g/mol. The molecule has 0 aliphatic rings. The number of nitro benzene ring substituents is 1. The Morgan fingerprint density at radius 3 is 2.43 bits per heavy atom. The minimum atomic E-state index is -1.13. The van der Waals surface area contributed by atoms with Crippen molar-refractivity contribution in [1.29, 1.82) is 0 Å². The summed E-state index contributed by atoms with van der Waals surface area (Å²) in [5, 5.41) is 16.9. The van der Waals surface area contributed by atoms with Crippen LogP contribution in [0.5, 0.6) is 17.2 Å². The van der Waals surface area contributed by atoms with E-state index in [4.69, 9.17) is 23.9 Å². The molecule has 0 spiro atoms. The number of carbonyl (C=O) groups excluding carboxylic acids is 1. The molecule has 4 rings (SSSR count).